The predicted molar refractivity (Wildman–Crippen MR) is 80.8 cm³/mol. The summed E-state index contributed by atoms with van der Waals surface area (Å²) >= 11 is 0. The number of aryl methyl sites for hydroxylation is 1. The van der Waals surface area contributed by atoms with E-state index in [1.165, 1.54) is 0 Å². The topological polar surface area (TPSA) is 72.5 Å². The molecule has 1 aromatic rings. The Hall–Kier alpha value is -1.53. The van der Waals surface area contributed by atoms with Gasteiger partial charge in [-0.1, -0.05) is 13.8 Å². The van der Waals surface area contributed by atoms with Gasteiger partial charge in [0.05, 0.1) is 18.9 Å². The number of anilines is 1. The van der Waals surface area contributed by atoms with Gasteiger partial charge in [0.25, 0.3) is 5.91 Å². The van der Waals surface area contributed by atoms with Gasteiger partial charge in [-0.25, -0.2) is 0 Å². The third-order valence-corrected chi connectivity index (χ3v) is 3.08. The summed E-state index contributed by atoms with van der Waals surface area (Å²) in [7, 11) is 1.81. The van der Waals surface area contributed by atoms with Crippen molar-refractivity contribution in [1.82, 2.24) is 14.8 Å². The molecule has 1 aliphatic rings. The molecular weight excluding hydrogens is 256 g/mol. The van der Waals surface area contributed by atoms with Crippen LogP contribution in [0.5, 0.6) is 0 Å². The maximum Gasteiger partial charge on any atom is 0.268 e. The molecule has 0 radical (unpaired) electrons. The van der Waals surface area contributed by atoms with Crippen molar-refractivity contribution in [2.75, 3.05) is 45.1 Å². The molecule has 0 atom stereocenters. The van der Waals surface area contributed by atoms with Crippen molar-refractivity contribution in [3.8, 4) is 0 Å². The number of nitrogens with two attached hydrogens (primary N) is 1. The highest BCUT2D eigenvalue weighted by molar-refractivity contribution is 5.93. The van der Waals surface area contributed by atoms with E-state index in [1.54, 1.807) is 16.8 Å². The van der Waals surface area contributed by atoms with Crippen molar-refractivity contribution in [2.45, 2.75) is 13.8 Å². The van der Waals surface area contributed by atoms with E-state index < -0.39 is 0 Å². The van der Waals surface area contributed by atoms with Crippen molar-refractivity contribution in [3.05, 3.63) is 18.0 Å². The Balaban J connectivity index is 0.000000956. The lowest BCUT2D eigenvalue weighted by molar-refractivity contribution is 0.0383. The van der Waals surface area contributed by atoms with Crippen LogP contribution in [-0.2, 0) is 11.8 Å². The molecule has 2 rings (SSSR count). The third-order valence-electron chi connectivity index (χ3n) is 3.08. The highest BCUT2D eigenvalue weighted by Crippen LogP contribution is 2.08. The quantitative estimate of drug-likeness (QED) is 0.852. The Kier molecular flexibility index (Phi) is 7.11. The molecule has 6 nitrogen and oxygen atoms in total. The smallest absolute Gasteiger partial charge is 0.268 e. The second-order valence-electron chi connectivity index (χ2n) is 4.48. The number of nitrogens with one attached hydrogen (secondary N) is 1. The first-order chi connectivity index (χ1) is 9.66. The van der Waals surface area contributed by atoms with Crippen molar-refractivity contribution in [1.29, 1.82) is 0 Å². The Morgan fingerprint density at radius 3 is 2.60 bits per heavy atom. The van der Waals surface area contributed by atoms with Gasteiger partial charge in [0, 0.05) is 39.4 Å². The summed E-state index contributed by atoms with van der Waals surface area (Å²) in [6.45, 7) is 8.93. The second kappa shape index (κ2) is 8.60. The summed E-state index contributed by atoms with van der Waals surface area (Å²) in [5.41, 5.74) is 6.84. The van der Waals surface area contributed by atoms with Crippen LogP contribution in [0.4, 0.5) is 5.69 Å². The number of ether oxygens (including phenoxy) is 1. The van der Waals surface area contributed by atoms with Crippen LogP contribution >= 0.6 is 0 Å². The third kappa shape index (κ3) is 4.86. The van der Waals surface area contributed by atoms with E-state index in [1.807, 2.05) is 20.9 Å². The fraction of sp³-hybridized carbons (Fsp3) is 0.643. The first kappa shape index (κ1) is 16.5. The molecule has 0 saturated carbocycles. The van der Waals surface area contributed by atoms with Crippen LogP contribution in [0.15, 0.2) is 12.3 Å². The zero-order valence-corrected chi connectivity index (χ0v) is 12.7. The van der Waals surface area contributed by atoms with Crippen molar-refractivity contribution >= 4 is 11.6 Å². The molecule has 1 saturated heterocycles. The van der Waals surface area contributed by atoms with Crippen LogP contribution in [0.1, 0.15) is 24.3 Å². The van der Waals surface area contributed by atoms with Crippen molar-refractivity contribution < 1.29 is 9.53 Å². The highest BCUT2D eigenvalue weighted by Gasteiger charge is 2.12. The SMILES string of the molecule is CC.Cn1cc(N)cc1C(=O)NCCN1CCOCC1. The van der Waals surface area contributed by atoms with Gasteiger partial charge < -0.3 is 20.4 Å². The van der Waals surface area contributed by atoms with E-state index in [-0.39, 0.29) is 5.91 Å². The summed E-state index contributed by atoms with van der Waals surface area (Å²) in [6, 6.07) is 1.68. The number of carbonyl (C=O) groups excluding carboxylic acids is 1. The van der Waals surface area contributed by atoms with Crippen molar-refractivity contribution in [2.24, 2.45) is 7.05 Å². The molecule has 114 valence electrons. The van der Waals surface area contributed by atoms with Gasteiger partial charge in [0.15, 0.2) is 0 Å². The maximum atomic E-state index is 11.9. The number of aromatic nitrogens is 1. The van der Waals surface area contributed by atoms with Gasteiger partial charge in [-0.15, -0.1) is 0 Å². The Labute approximate surface area is 120 Å². The molecule has 1 amide bonds. The summed E-state index contributed by atoms with van der Waals surface area (Å²) < 4.78 is 7.00. The van der Waals surface area contributed by atoms with Gasteiger partial charge in [-0.2, -0.15) is 0 Å². The molecule has 1 aliphatic heterocycles. The molecule has 0 bridgehead atoms. The average Bonchev–Trinajstić information content (AvgIpc) is 2.81. The van der Waals surface area contributed by atoms with E-state index in [9.17, 15) is 4.79 Å². The minimum atomic E-state index is -0.0811. The lowest BCUT2D eigenvalue weighted by Gasteiger charge is -2.26. The Morgan fingerprint density at radius 2 is 2.05 bits per heavy atom. The van der Waals surface area contributed by atoms with Crippen molar-refractivity contribution in [3.63, 3.8) is 0 Å². The van der Waals surface area contributed by atoms with Gasteiger partial charge >= 0.3 is 0 Å². The standard InChI is InChI=1S/C12H20N4O2.C2H6/c1-15-9-10(13)8-11(15)12(17)14-2-3-16-4-6-18-7-5-16;1-2/h8-9H,2-7,13H2,1H3,(H,14,17);1-2H3. The zero-order chi connectivity index (χ0) is 15.0. The summed E-state index contributed by atoms with van der Waals surface area (Å²) in [6.07, 6.45) is 1.73. The van der Waals surface area contributed by atoms with E-state index in [0.717, 1.165) is 32.8 Å². The highest BCUT2D eigenvalue weighted by atomic mass is 16.5. The number of hydrogen-bond donors (Lipinski definition) is 2. The van der Waals surface area contributed by atoms with Gasteiger partial charge in [-0.05, 0) is 6.07 Å². The molecule has 0 unspecified atom stereocenters. The van der Waals surface area contributed by atoms with E-state index >= 15 is 0 Å². The molecule has 0 spiro atoms. The normalized spacial score (nSPS) is 15.3. The number of carbonyl (C=O) groups is 1. The van der Waals surface area contributed by atoms with E-state index in [0.29, 0.717) is 17.9 Å². The fourth-order valence-corrected chi connectivity index (χ4v) is 2.06. The minimum absolute atomic E-state index is 0.0811. The minimum Gasteiger partial charge on any atom is -0.397 e. The van der Waals surface area contributed by atoms with E-state index in [2.05, 4.69) is 10.2 Å². The fourth-order valence-electron chi connectivity index (χ4n) is 2.06. The number of nitrogen functional groups attached to an aromatic ring is 1. The molecule has 6 heteroatoms. The predicted octanol–water partition coefficient (Wildman–Crippen LogP) is 0.696. The lowest BCUT2D eigenvalue weighted by Crippen LogP contribution is -2.41. The van der Waals surface area contributed by atoms with E-state index in [4.69, 9.17) is 10.5 Å². The molecule has 0 aromatic carbocycles. The zero-order valence-electron chi connectivity index (χ0n) is 12.7. The molecule has 20 heavy (non-hydrogen) atoms. The second-order valence-corrected chi connectivity index (χ2v) is 4.48. The molecule has 2 heterocycles. The molecule has 3 N–H and O–H groups in total. The Bertz CT molecular complexity index is 411. The van der Waals surface area contributed by atoms with Crippen LogP contribution in [0, 0.1) is 0 Å². The molecule has 1 fully saturated rings. The largest absolute Gasteiger partial charge is 0.397 e. The first-order valence-electron chi connectivity index (χ1n) is 7.17. The van der Waals surface area contributed by atoms with Crippen LogP contribution < -0.4 is 11.1 Å². The first-order valence-corrected chi connectivity index (χ1v) is 7.17. The van der Waals surface area contributed by atoms with Crippen LogP contribution in [0.2, 0.25) is 0 Å². The van der Waals surface area contributed by atoms with Crippen LogP contribution in [0.25, 0.3) is 0 Å². The number of nitrogens with zero attached hydrogens (tertiary/aromatic N) is 2. The lowest BCUT2D eigenvalue weighted by atomic mass is 10.3. The van der Waals surface area contributed by atoms with Gasteiger partial charge in [-0.3, -0.25) is 9.69 Å². The summed E-state index contributed by atoms with van der Waals surface area (Å²) in [4.78, 5) is 14.2. The average molecular weight is 282 g/mol. The summed E-state index contributed by atoms with van der Waals surface area (Å²) in [5.74, 6) is -0.0811. The van der Waals surface area contributed by atoms with Crippen LogP contribution in [0.3, 0.4) is 0 Å². The molecule has 0 aliphatic carbocycles. The summed E-state index contributed by atoms with van der Waals surface area (Å²) in [5, 5.41) is 2.90. The van der Waals surface area contributed by atoms with Gasteiger partial charge in [0.2, 0.25) is 0 Å². The number of morpholine rings is 1. The number of hydrogen-bond acceptors (Lipinski definition) is 4. The molecular formula is C14H26N4O2. The number of rotatable bonds is 4. The van der Waals surface area contributed by atoms with Gasteiger partial charge in [0.1, 0.15) is 5.69 Å². The Morgan fingerprint density at radius 1 is 1.40 bits per heavy atom. The molecule has 1 aromatic heterocycles. The number of amides is 1. The van der Waals surface area contributed by atoms with Crippen LogP contribution in [-0.4, -0.2) is 54.8 Å². The monoisotopic (exact) mass is 282 g/mol. The maximum absolute atomic E-state index is 11.9.